The van der Waals surface area contributed by atoms with Crippen molar-refractivity contribution in [1.29, 1.82) is 0 Å². The second-order valence-corrected chi connectivity index (χ2v) is 7.40. The van der Waals surface area contributed by atoms with Crippen LogP contribution >= 0.6 is 0 Å². The zero-order valence-corrected chi connectivity index (χ0v) is 11.9. The second kappa shape index (κ2) is 6.01. The number of hydrogen-bond donors (Lipinski definition) is 1. The number of halogens is 1. The van der Waals surface area contributed by atoms with Crippen LogP contribution in [0.2, 0.25) is 0 Å². The molecule has 0 aromatic heterocycles. The molecule has 1 heterocycles. The van der Waals surface area contributed by atoms with E-state index in [4.69, 9.17) is 0 Å². The van der Waals surface area contributed by atoms with Crippen molar-refractivity contribution in [3.05, 3.63) is 35.6 Å². The molecule has 1 saturated heterocycles. The fourth-order valence-corrected chi connectivity index (χ4v) is 4.58. The minimum atomic E-state index is -2.85. The molecule has 2 atom stereocenters. The average Bonchev–Trinajstić information content (AvgIpc) is 2.68. The number of rotatable bonds is 5. The molecule has 0 spiro atoms. The SMILES string of the molecule is CCNC(CC1CCS(=O)(=O)C1)c1cccc(F)c1. The first-order chi connectivity index (χ1) is 9.00. The van der Waals surface area contributed by atoms with Gasteiger partial charge >= 0.3 is 0 Å². The number of benzene rings is 1. The highest BCUT2D eigenvalue weighted by molar-refractivity contribution is 7.91. The highest BCUT2D eigenvalue weighted by Crippen LogP contribution is 2.29. The van der Waals surface area contributed by atoms with E-state index in [9.17, 15) is 12.8 Å². The number of nitrogens with one attached hydrogen (secondary N) is 1. The first-order valence-electron chi connectivity index (χ1n) is 6.69. The van der Waals surface area contributed by atoms with E-state index in [1.165, 1.54) is 12.1 Å². The first-order valence-corrected chi connectivity index (χ1v) is 8.51. The van der Waals surface area contributed by atoms with Crippen LogP contribution < -0.4 is 5.32 Å². The Morgan fingerprint density at radius 3 is 2.84 bits per heavy atom. The molecule has 1 N–H and O–H groups in total. The van der Waals surface area contributed by atoms with E-state index in [2.05, 4.69) is 5.32 Å². The highest BCUT2D eigenvalue weighted by atomic mass is 32.2. The molecular formula is C14H20FNO2S. The zero-order valence-electron chi connectivity index (χ0n) is 11.1. The molecule has 0 radical (unpaired) electrons. The van der Waals surface area contributed by atoms with Crippen molar-refractivity contribution < 1.29 is 12.8 Å². The van der Waals surface area contributed by atoms with Crippen LogP contribution in [0.15, 0.2) is 24.3 Å². The van der Waals surface area contributed by atoms with Gasteiger partial charge in [-0.3, -0.25) is 0 Å². The van der Waals surface area contributed by atoms with Crippen molar-refractivity contribution >= 4 is 9.84 Å². The predicted octanol–water partition coefficient (Wildman–Crippen LogP) is 2.30. The normalized spacial score (nSPS) is 23.4. The summed E-state index contributed by atoms with van der Waals surface area (Å²) in [7, 11) is -2.85. The van der Waals surface area contributed by atoms with Gasteiger partial charge in [-0.05, 0) is 43.0 Å². The molecule has 19 heavy (non-hydrogen) atoms. The summed E-state index contributed by atoms with van der Waals surface area (Å²) in [5.41, 5.74) is 0.895. The summed E-state index contributed by atoms with van der Waals surface area (Å²) < 4.78 is 36.3. The number of hydrogen-bond acceptors (Lipinski definition) is 3. The van der Waals surface area contributed by atoms with Gasteiger partial charge in [0, 0.05) is 6.04 Å². The van der Waals surface area contributed by atoms with Crippen LogP contribution in [0.4, 0.5) is 4.39 Å². The molecule has 2 unspecified atom stereocenters. The monoisotopic (exact) mass is 285 g/mol. The Morgan fingerprint density at radius 2 is 2.26 bits per heavy atom. The third-order valence-corrected chi connectivity index (χ3v) is 5.43. The summed E-state index contributed by atoms with van der Waals surface area (Å²) in [5, 5.41) is 3.32. The summed E-state index contributed by atoms with van der Waals surface area (Å²) in [5.74, 6) is 0.487. The van der Waals surface area contributed by atoms with Crippen molar-refractivity contribution in [2.75, 3.05) is 18.1 Å². The van der Waals surface area contributed by atoms with E-state index in [0.29, 0.717) is 5.75 Å². The minimum Gasteiger partial charge on any atom is -0.310 e. The second-order valence-electron chi connectivity index (χ2n) is 5.17. The van der Waals surface area contributed by atoms with Gasteiger partial charge in [0.25, 0.3) is 0 Å². The molecule has 0 bridgehead atoms. The third kappa shape index (κ3) is 4.01. The molecule has 1 aliphatic rings. The lowest BCUT2D eigenvalue weighted by Crippen LogP contribution is -2.24. The average molecular weight is 285 g/mol. The Hall–Kier alpha value is -0.940. The Balaban J connectivity index is 2.08. The van der Waals surface area contributed by atoms with E-state index < -0.39 is 9.84 Å². The third-order valence-electron chi connectivity index (χ3n) is 3.60. The molecule has 2 rings (SSSR count). The largest absolute Gasteiger partial charge is 0.310 e. The molecule has 3 nitrogen and oxygen atoms in total. The van der Waals surface area contributed by atoms with Crippen LogP contribution in [0, 0.1) is 11.7 Å². The standard InChI is InChI=1S/C14H20FNO2S/c1-2-16-14(12-4-3-5-13(15)9-12)8-11-6-7-19(17,18)10-11/h3-5,9,11,14,16H,2,6-8,10H2,1H3. The van der Waals surface area contributed by atoms with E-state index in [1.807, 2.05) is 13.0 Å². The lowest BCUT2D eigenvalue weighted by atomic mass is 9.94. The fourth-order valence-electron chi connectivity index (χ4n) is 2.70. The maximum Gasteiger partial charge on any atom is 0.150 e. The van der Waals surface area contributed by atoms with Crippen molar-refractivity contribution in [1.82, 2.24) is 5.32 Å². The maximum absolute atomic E-state index is 13.3. The van der Waals surface area contributed by atoms with Crippen LogP contribution in [0.1, 0.15) is 31.4 Å². The highest BCUT2D eigenvalue weighted by Gasteiger charge is 2.30. The summed E-state index contributed by atoms with van der Waals surface area (Å²) in [6.45, 7) is 2.78. The molecule has 0 amide bonds. The van der Waals surface area contributed by atoms with Crippen LogP contribution in [-0.2, 0) is 9.84 Å². The van der Waals surface area contributed by atoms with Gasteiger partial charge in [-0.2, -0.15) is 0 Å². The molecule has 1 aromatic rings. The molecule has 106 valence electrons. The summed E-state index contributed by atoms with van der Waals surface area (Å²) in [6.07, 6.45) is 1.47. The molecule has 1 aliphatic heterocycles. The quantitative estimate of drug-likeness (QED) is 0.903. The van der Waals surface area contributed by atoms with Crippen molar-refractivity contribution in [3.63, 3.8) is 0 Å². The van der Waals surface area contributed by atoms with Gasteiger partial charge in [0.1, 0.15) is 5.82 Å². The predicted molar refractivity (Wildman–Crippen MR) is 74.2 cm³/mol. The van der Waals surface area contributed by atoms with Crippen LogP contribution in [0.5, 0.6) is 0 Å². The van der Waals surface area contributed by atoms with E-state index in [-0.39, 0.29) is 23.5 Å². The summed E-state index contributed by atoms with van der Waals surface area (Å²) in [4.78, 5) is 0. The molecule has 1 fully saturated rings. The van der Waals surface area contributed by atoms with Crippen LogP contribution in [0.25, 0.3) is 0 Å². The van der Waals surface area contributed by atoms with Crippen molar-refractivity contribution in [2.24, 2.45) is 5.92 Å². The summed E-state index contributed by atoms with van der Waals surface area (Å²) >= 11 is 0. The van der Waals surface area contributed by atoms with E-state index in [1.54, 1.807) is 6.07 Å². The summed E-state index contributed by atoms with van der Waals surface area (Å²) in [6, 6.07) is 6.56. The van der Waals surface area contributed by atoms with Crippen LogP contribution in [0.3, 0.4) is 0 Å². The zero-order chi connectivity index (χ0) is 13.9. The van der Waals surface area contributed by atoms with Gasteiger partial charge in [0.15, 0.2) is 9.84 Å². The molecular weight excluding hydrogens is 265 g/mol. The van der Waals surface area contributed by atoms with Gasteiger partial charge in [-0.1, -0.05) is 19.1 Å². The Labute approximate surface area is 114 Å². The molecule has 0 aliphatic carbocycles. The van der Waals surface area contributed by atoms with Gasteiger partial charge in [-0.25, -0.2) is 12.8 Å². The lowest BCUT2D eigenvalue weighted by Gasteiger charge is -2.21. The van der Waals surface area contributed by atoms with Gasteiger partial charge in [0.05, 0.1) is 11.5 Å². The Bertz CT molecular complexity index is 530. The van der Waals surface area contributed by atoms with E-state index >= 15 is 0 Å². The fraction of sp³-hybridized carbons (Fsp3) is 0.571. The topological polar surface area (TPSA) is 46.2 Å². The Kier molecular flexibility index (Phi) is 4.58. The minimum absolute atomic E-state index is 0.0269. The van der Waals surface area contributed by atoms with Gasteiger partial charge in [-0.15, -0.1) is 0 Å². The van der Waals surface area contributed by atoms with Crippen LogP contribution in [-0.4, -0.2) is 26.5 Å². The lowest BCUT2D eigenvalue weighted by molar-refractivity contribution is 0.420. The Morgan fingerprint density at radius 1 is 1.47 bits per heavy atom. The van der Waals surface area contributed by atoms with E-state index in [0.717, 1.165) is 24.9 Å². The molecule has 1 aromatic carbocycles. The van der Waals surface area contributed by atoms with Crippen molar-refractivity contribution in [2.45, 2.75) is 25.8 Å². The number of sulfone groups is 1. The first kappa shape index (κ1) is 14.5. The maximum atomic E-state index is 13.3. The molecule has 0 saturated carbocycles. The van der Waals surface area contributed by atoms with Gasteiger partial charge < -0.3 is 5.32 Å². The molecule has 5 heteroatoms. The van der Waals surface area contributed by atoms with Crippen molar-refractivity contribution in [3.8, 4) is 0 Å². The van der Waals surface area contributed by atoms with Gasteiger partial charge in [0.2, 0.25) is 0 Å². The smallest absolute Gasteiger partial charge is 0.150 e.